The highest BCUT2D eigenvalue weighted by Gasteiger charge is 2.38. The summed E-state index contributed by atoms with van der Waals surface area (Å²) in [5.74, 6) is -0.729. The first-order chi connectivity index (χ1) is 8.80. The molecule has 0 aromatic heterocycles. The van der Waals surface area contributed by atoms with Crippen molar-refractivity contribution in [2.24, 2.45) is 5.73 Å². The molecule has 0 saturated carbocycles. The minimum absolute atomic E-state index is 0. The van der Waals surface area contributed by atoms with Crippen molar-refractivity contribution in [1.82, 2.24) is 5.32 Å². The van der Waals surface area contributed by atoms with Crippen molar-refractivity contribution in [3.8, 4) is 0 Å². The van der Waals surface area contributed by atoms with E-state index in [1.165, 1.54) is 0 Å². The van der Waals surface area contributed by atoms with Gasteiger partial charge in [0.05, 0.1) is 12.6 Å². The Bertz CT molecular complexity index is 415. The number of amides is 1. The van der Waals surface area contributed by atoms with E-state index >= 15 is 0 Å². The van der Waals surface area contributed by atoms with Crippen molar-refractivity contribution in [1.29, 1.82) is 0 Å². The van der Waals surface area contributed by atoms with Crippen LogP contribution in [0.3, 0.4) is 0 Å². The SMILES string of the molecule is Cl.N[C@@H](Cc1ccccc1)C(=O)NCC(O)C(F)(F)F. The molecule has 114 valence electrons. The van der Waals surface area contributed by atoms with Crippen LogP contribution in [0.2, 0.25) is 0 Å². The molecule has 1 rings (SSSR count). The van der Waals surface area contributed by atoms with Gasteiger partial charge in [-0.3, -0.25) is 4.79 Å². The molecule has 0 bridgehead atoms. The maximum atomic E-state index is 12.0. The van der Waals surface area contributed by atoms with Crippen LogP contribution in [0.4, 0.5) is 13.2 Å². The molecule has 0 fully saturated rings. The number of benzene rings is 1. The Hall–Kier alpha value is -1.31. The van der Waals surface area contributed by atoms with Gasteiger partial charge in [-0.05, 0) is 12.0 Å². The zero-order chi connectivity index (χ0) is 14.5. The number of hydrogen-bond acceptors (Lipinski definition) is 3. The highest BCUT2D eigenvalue weighted by Crippen LogP contribution is 2.19. The van der Waals surface area contributed by atoms with Crippen molar-refractivity contribution in [2.45, 2.75) is 24.7 Å². The zero-order valence-corrected chi connectivity index (χ0v) is 11.2. The number of rotatable bonds is 5. The van der Waals surface area contributed by atoms with Crippen molar-refractivity contribution in [2.75, 3.05) is 6.54 Å². The normalized spacial score (nSPS) is 14.1. The van der Waals surface area contributed by atoms with Gasteiger partial charge >= 0.3 is 6.18 Å². The highest BCUT2D eigenvalue weighted by molar-refractivity contribution is 5.85. The van der Waals surface area contributed by atoms with Crippen LogP contribution in [0.15, 0.2) is 30.3 Å². The molecule has 4 N–H and O–H groups in total. The molecule has 1 amide bonds. The highest BCUT2D eigenvalue weighted by atomic mass is 35.5. The lowest BCUT2D eigenvalue weighted by atomic mass is 10.1. The largest absolute Gasteiger partial charge is 0.416 e. The number of nitrogens with one attached hydrogen (secondary N) is 1. The van der Waals surface area contributed by atoms with Gasteiger partial charge in [0.2, 0.25) is 5.91 Å². The van der Waals surface area contributed by atoms with Crippen molar-refractivity contribution in [3.05, 3.63) is 35.9 Å². The summed E-state index contributed by atoms with van der Waals surface area (Å²) in [5, 5.41) is 10.7. The second-order valence-corrected chi connectivity index (χ2v) is 4.10. The molecule has 8 heteroatoms. The Labute approximate surface area is 120 Å². The maximum Gasteiger partial charge on any atom is 0.416 e. The van der Waals surface area contributed by atoms with E-state index in [1.54, 1.807) is 30.3 Å². The number of hydrogen-bond donors (Lipinski definition) is 3. The average molecular weight is 313 g/mol. The summed E-state index contributed by atoms with van der Waals surface area (Å²) in [6.07, 6.45) is -7.12. The second-order valence-electron chi connectivity index (χ2n) is 4.10. The molecule has 2 atom stereocenters. The number of aliphatic hydroxyl groups excluding tert-OH is 1. The standard InChI is InChI=1S/C12H15F3N2O2.ClH/c13-12(14,15)10(18)7-17-11(19)9(16)6-8-4-2-1-3-5-8;/h1-5,9-10,18H,6-7,16H2,(H,17,19);1H/t9-,10?;/m0./s1. The summed E-state index contributed by atoms with van der Waals surface area (Å²) >= 11 is 0. The third-order valence-electron chi connectivity index (χ3n) is 2.48. The Morgan fingerprint density at radius 1 is 1.30 bits per heavy atom. The lowest BCUT2D eigenvalue weighted by molar-refractivity contribution is -0.201. The van der Waals surface area contributed by atoms with Crippen molar-refractivity contribution in [3.63, 3.8) is 0 Å². The van der Waals surface area contributed by atoms with Crippen molar-refractivity contribution >= 4 is 18.3 Å². The molecule has 0 radical (unpaired) electrons. The van der Waals surface area contributed by atoms with E-state index in [1.807, 2.05) is 5.32 Å². The fraction of sp³-hybridized carbons (Fsp3) is 0.417. The number of halogens is 4. The van der Waals surface area contributed by atoms with Gasteiger partial charge in [-0.25, -0.2) is 0 Å². The molecule has 1 unspecified atom stereocenters. The number of carbonyl (C=O) groups is 1. The average Bonchev–Trinajstić information content (AvgIpc) is 2.35. The van der Waals surface area contributed by atoms with Gasteiger partial charge in [0, 0.05) is 0 Å². The van der Waals surface area contributed by atoms with Crippen LogP contribution in [0.1, 0.15) is 5.56 Å². The predicted octanol–water partition coefficient (Wildman–Crippen LogP) is 1.02. The lowest BCUT2D eigenvalue weighted by Crippen LogP contribution is -2.47. The Balaban J connectivity index is 0.00000361. The molecular formula is C12H16ClF3N2O2. The number of nitrogens with two attached hydrogens (primary N) is 1. The van der Waals surface area contributed by atoms with Gasteiger partial charge in [-0.15, -0.1) is 12.4 Å². The van der Waals surface area contributed by atoms with Gasteiger partial charge in [0.1, 0.15) is 0 Å². The fourth-order valence-electron chi connectivity index (χ4n) is 1.40. The van der Waals surface area contributed by atoms with E-state index in [4.69, 9.17) is 10.8 Å². The van der Waals surface area contributed by atoms with Crippen LogP contribution in [-0.4, -0.2) is 35.9 Å². The molecule has 1 aromatic rings. The molecule has 0 aliphatic heterocycles. The van der Waals surface area contributed by atoms with E-state index in [-0.39, 0.29) is 18.8 Å². The predicted molar refractivity (Wildman–Crippen MR) is 70.4 cm³/mol. The monoisotopic (exact) mass is 312 g/mol. The number of carbonyl (C=O) groups excluding carboxylic acids is 1. The molecule has 0 saturated heterocycles. The number of aliphatic hydroxyl groups is 1. The summed E-state index contributed by atoms with van der Waals surface area (Å²) in [6, 6.07) is 7.91. The summed E-state index contributed by atoms with van der Waals surface area (Å²) in [5.41, 5.74) is 6.38. The number of alkyl halides is 3. The van der Waals surface area contributed by atoms with Gasteiger partial charge < -0.3 is 16.2 Å². The third kappa shape index (κ3) is 6.23. The van der Waals surface area contributed by atoms with Crippen LogP contribution in [0, 0.1) is 0 Å². The van der Waals surface area contributed by atoms with Gasteiger partial charge in [0.25, 0.3) is 0 Å². The Morgan fingerprint density at radius 3 is 2.35 bits per heavy atom. The van der Waals surface area contributed by atoms with Gasteiger partial charge in [-0.1, -0.05) is 30.3 Å². The first kappa shape index (κ1) is 18.7. The van der Waals surface area contributed by atoms with E-state index in [0.717, 1.165) is 5.56 Å². The summed E-state index contributed by atoms with van der Waals surface area (Å²) in [6.45, 7) is -0.898. The lowest BCUT2D eigenvalue weighted by Gasteiger charge is -2.17. The van der Waals surface area contributed by atoms with Crippen molar-refractivity contribution < 1.29 is 23.1 Å². The van der Waals surface area contributed by atoms with E-state index in [9.17, 15) is 18.0 Å². The minimum atomic E-state index is -4.75. The zero-order valence-electron chi connectivity index (χ0n) is 10.4. The van der Waals surface area contributed by atoms with Gasteiger partial charge in [0.15, 0.2) is 6.10 Å². The summed E-state index contributed by atoms with van der Waals surface area (Å²) < 4.78 is 36.0. The van der Waals surface area contributed by atoms with Crippen LogP contribution < -0.4 is 11.1 Å². The van der Waals surface area contributed by atoms with E-state index in [2.05, 4.69) is 0 Å². The molecule has 20 heavy (non-hydrogen) atoms. The van der Waals surface area contributed by atoms with Crippen LogP contribution >= 0.6 is 12.4 Å². The topological polar surface area (TPSA) is 75.4 Å². The van der Waals surface area contributed by atoms with E-state index < -0.39 is 30.8 Å². The first-order valence-corrected chi connectivity index (χ1v) is 5.62. The molecule has 4 nitrogen and oxygen atoms in total. The molecule has 0 spiro atoms. The quantitative estimate of drug-likeness (QED) is 0.760. The molecule has 0 aliphatic carbocycles. The van der Waals surface area contributed by atoms with Crippen LogP contribution in [-0.2, 0) is 11.2 Å². The van der Waals surface area contributed by atoms with E-state index in [0.29, 0.717) is 0 Å². The third-order valence-corrected chi connectivity index (χ3v) is 2.48. The van der Waals surface area contributed by atoms with Crippen LogP contribution in [0.25, 0.3) is 0 Å². The second kappa shape index (κ2) is 8.08. The Morgan fingerprint density at radius 2 is 1.85 bits per heavy atom. The van der Waals surface area contributed by atoms with Crippen LogP contribution in [0.5, 0.6) is 0 Å². The summed E-state index contributed by atoms with van der Waals surface area (Å²) in [4.78, 5) is 11.5. The minimum Gasteiger partial charge on any atom is -0.382 e. The molecule has 0 heterocycles. The maximum absolute atomic E-state index is 12.0. The first-order valence-electron chi connectivity index (χ1n) is 5.62. The molecule has 1 aromatic carbocycles. The smallest absolute Gasteiger partial charge is 0.382 e. The summed E-state index contributed by atoms with van der Waals surface area (Å²) in [7, 11) is 0. The molecule has 0 aliphatic rings. The fourth-order valence-corrected chi connectivity index (χ4v) is 1.40. The molecular weight excluding hydrogens is 297 g/mol. The van der Waals surface area contributed by atoms with Gasteiger partial charge in [-0.2, -0.15) is 13.2 Å². The Kier molecular flexibility index (Phi) is 7.55.